The van der Waals surface area contributed by atoms with Crippen LogP contribution >= 0.6 is 0 Å². The summed E-state index contributed by atoms with van der Waals surface area (Å²) in [6.07, 6.45) is 1.81. The Labute approximate surface area is 178 Å². The second kappa shape index (κ2) is 11.3. The first-order valence-electron chi connectivity index (χ1n) is 10.3. The van der Waals surface area contributed by atoms with Crippen molar-refractivity contribution in [1.82, 2.24) is 10.2 Å². The van der Waals surface area contributed by atoms with Gasteiger partial charge in [0.2, 0.25) is 5.91 Å². The van der Waals surface area contributed by atoms with E-state index in [-0.39, 0.29) is 25.0 Å². The molecule has 0 radical (unpaired) electrons. The van der Waals surface area contributed by atoms with Crippen LogP contribution in [0.1, 0.15) is 43.4 Å². The highest BCUT2D eigenvalue weighted by Gasteiger charge is 2.27. The Balaban J connectivity index is 2.16. The molecule has 2 aromatic carbocycles. The van der Waals surface area contributed by atoms with E-state index in [0.29, 0.717) is 17.9 Å². The molecule has 1 N–H and O–H groups in total. The average Bonchev–Trinajstić information content (AvgIpc) is 2.73. The van der Waals surface area contributed by atoms with Gasteiger partial charge in [0, 0.05) is 18.7 Å². The fraction of sp³-hybridized carbons (Fsp3) is 0.417. The van der Waals surface area contributed by atoms with E-state index in [1.165, 1.54) is 11.0 Å². The van der Waals surface area contributed by atoms with Gasteiger partial charge in [0.15, 0.2) is 6.61 Å². The Morgan fingerprint density at radius 2 is 1.87 bits per heavy atom. The van der Waals surface area contributed by atoms with Crippen LogP contribution in [0.4, 0.5) is 4.39 Å². The number of nitrogens with zero attached hydrogens (tertiary/aromatic N) is 1. The molecule has 1 atom stereocenters. The molecule has 0 bridgehead atoms. The molecule has 0 aliphatic heterocycles. The SMILES string of the molecule is CCCCNC(=O)C(C)N(Cc1ccccc1F)C(=O)COc1cccc(C)c1C. The Bertz CT molecular complexity index is 869. The number of carbonyl (C=O) groups is 2. The van der Waals surface area contributed by atoms with Crippen LogP contribution in [0.2, 0.25) is 0 Å². The van der Waals surface area contributed by atoms with Gasteiger partial charge in [-0.05, 0) is 50.5 Å². The van der Waals surface area contributed by atoms with Gasteiger partial charge in [0.25, 0.3) is 5.91 Å². The largest absolute Gasteiger partial charge is 0.483 e. The van der Waals surface area contributed by atoms with Gasteiger partial charge in [0.1, 0.15) is 17.6 Å². The average molecular weight is 415 g/mol. The third kappa shape index (κ3) is 6.31. The van der Waals surface area contributed by atoms with Gasteiger partial charge < -0.3 is 15.0 Å². The lowest BCUT2D eigenvalue weighted by molar-refractivity contribution is -0.142. The van der Waals surface area contributed by atoms with E-state index in [9.17, 15) is 14.0 Å². The van der Waals surface area contributed by atoms with E-state index in [1.54, 1.807) is 31.2 Å². The third-order valence-corrected chi connectivity index (χ3v) is 5.20. The lowest BCUT2D eigenvalue weighted by atomic mass is 10.1. The highest BCUT2D eigenvalue weighted by atomic mass is 19.1. The maximum absolute atomic E-state index is 14.2. The minimum Gasteiger partial charge on any atom is -0.483 e. The molecule has 5 nitrogen and oxygen atoms in total. The molecule has 0 fully saturated rings. The van der Waals surface area contributed by atoms with Crippen molar-refractivity contribution in [3.8, 4) is 5.75 Å². The van der Waals surface area contributed by atoms with E-state index in [1.807, 2.05) is 32.9 Å². The van der Waals surface area contributed by atoms with Gasteiger partial charge in [-0.25, -0.2) is 4.39 Å². The van der Waals surface area contributed by atoms with Crippen molar-refractivity contribution < 1.29 is 18.7 Å². The quantitative estimate of drug-likeness (QED) is 0.594. The highest BCUT2D eigenvalue weighted by molar-refractivity contribution is 5.88. The van der Waals surface area contributed by atoms with Crippen LogP contribution in [0.25, 0.3) is 0 Å². The number of benzene rings is 2. The van der Waals surface area contributed by atoms with Gasteiger partial charge in [-0.2, -0.15) is 0 Å². The number of nitrogens with one attached hydrogen (secondary N) is 1. The Kier molecular flexibility index (Phi) is 8.84. The molecule has 0 saturated heterocycles. The van der Waals surface area contributed by atoms with Crippen LogP contribution in [-0.4, -0.2) is 35.9 Å². The van der Waals surface area contributed by atoms with E-state index < -0.39 is 11.9 Å². The Morgan fingerprint density at radius 1 is 1.13 bits per heavy atom. The number of unbranched alkanes of at least 4 members (excludes halogenated alkanes) is 1. The van der Waals surface area contributed by atoms with Crippen molar-refractivity contribution in [2.75, 3.05) is 13.2 Å². The van der Waals surface area contributed by atoms with E-state index >= 15 is 0 Å². The molecule has 1 unspecified atom stereocenters. The fourth-order valence-electron chi connectivity index (χ4n) is 3.03. The number of halogens is 1. The first kappa shape index (κ1) is 23.4. The molecular weight excluding hydrogens is 383 g/mol. The molecule has 30 heavy (non-hydrogen) atoms. The van der Waals surface area contributed by atoms with E-state index in [2.05, 4.69) is 5.32 Å². The van der Waals surface area contributed by atoms with Crippen LogP contribution in [-0.2, 0) is 16.1 Å². The summed E-state index contributed by atoms with van der Waals surface area (Å²) in [6, 6.07) is 11.1. The van der Waals surface area contributed by atoms with Crippen molar-refractivity contribution in [1.29, 1.82) is 0 Å². The number of hydrogen-bond donors (Lipinski definition) is 1. The molecule has 2 amide bonds. The van der Waals surface area contributed by atoms with Crippen molar-refractivity contribution in [3.63, 3.8) is 0 Å². The molecule has 6 heteroatoms. The summed E-state index contributed by atoms with van der Waals surface area (Å²) < 4.78 is 19.9. The van der Waals surface area contributed by atoms with Gasteiger partial charge in [-0.15, -0.1) is 0 Å². The van der Waals surface area contributed by atoms with Crippen LogP contribution in [0.3, 0.4) is 0 Å². The molecular formula is C24H31FN2O3. The smallest absolute Gasteiger partial charge is 0.261 e. The molecule has 0 aliphatic carbocycles. The molecule has 0 saturated carbocycles. The summed E-state index contributed by atoms with van der Waals surface area (Å²) in [5.74, 6) is -0.434. The summed E-state index contributed by atoms with van der Waals surface area (Å²) in [5, 5.41) is 2.84. The predicted octanol–water partition coefficient (Wildman–Crippen LogP) is 4.15. The minimum absolute atomic E-state index is 0.00989. The molecule has 0 spiro atoms. The highest BCUT2D eigenvalue weighted by Crippen LogP contribution is 2.21. The standard InChI is InChI=1S/C24H31FN2O3/c1-5-6-14-26-24(29)19(4)27(15-20-11-7-8-12-21(20)25)23(28)16-30-22-13-9-10-17(2)18(22)3/h7-13,19H,5-6,14-16H2,1-4H3,(H,26,29). The van der Waals surface area contributed by atoms with Crippen molar-refractivity contribution in [3.05, 3.63) is 65.0 Å². The monoisotopic (exact) mass is 414 g/mol. The van der Waals surface area contributed by atoms with Crippen molar-refractivity contribution in [2.45, 2.75) is 53.1 Å². The van der Waals surface area contributed by atoms with Crippen LogP contribution < -0.4 is 10.1 Å². The van der Waals surface area contributed by atoms with E-state index in [4.69, 9.17) is 4.74 Å². The topological polar surface area (TPSA) is 58.6 Å². The maximum atomic E-state index is 14.2. The molecule has 2 aromatic rings. The number of aryl methyl sites for hydroxylation is 1. The van der Waals surface area contributed by atoms with Gasteiger partial charge in [-0.1, -0.05) is 43.7 Å². The summed E-state index contributed by atoms with van der Waals surface area (Å²) in [6.45, 7) is 7.88. The number of ether oxygens (including phenoxy) is 1. The molecule has 162 valence electrons. The lowest BCUT2D eigenvalue weighted by Gasteiger charge is -2.29. The minimum atomic E-state index is -0.754. The molecule has 0 aromatic heterocycles. The lowest BCUT2D eigenvalue weighted by Crippen LogP contribution is -2.49. The number of rotatable bonds is 10. The zero-order valence-electron chi connectivity index (χ0n) is 18.2. The number of amides is 2. The Morgan fingerprint density at radius 3 is 2.57 bits per heavy atom. The Hall–Kier alpha value is -2.89. The second-order valence-electron chi connectivity index (χ2n) is 7.42. The maximum Gasteiger partial charge on any atom is 0.261 e. The molecule has 0 heterocycles. The molecule has 0 aliphatic rings. The number of carbonyl (C=O) groups excluding carboxylic acids is 2. The third-order valence-electron chi connectivity index (χ3n) is 5.20. The zero-order valence-corrected chi connectivity index (χ0v) is 18.2. The molecule has 2 rings (SSSR count). The predicted molar refractivity (Wildman–Crippen MR) is 116 cm³/mol. The van der Waals surface area contributed by atoms with Gasteiger partial charge >= 0.3 is 0 Å². The van der Waals surface area contributed by atoms with Crippen LogP contribution in [0, 0.1) is 19.7 Å². The summed E-state index contributed by atoms with van der Waals surface area (Å²) in [5.41, 5.74) is 2.37. The zero-order chi connectivity index (χ0) is 22.1. The summed E-state index contributed by atoms with van der Waals surface area (Å²) in [7, 11) is 0. The first-order valence-corrected chi connectivity index (χ1v) is 10.3. The van der Waals surface area contributed by atoms with Crippen molar-refractivity contribution in [2.24, 2.45) is 0 Å². The first-order chi connectivity index (χ1) is 14.3. The summed E-state index contributed by atoms with van der Waals surface area (Å²) >= 11 is 0. The fourth-order valence-corrected chi connectivity index (χ4v) is 3.03. The van der Waals surface area contributed by atoms with Crippen LogP contribution in [0.15, 0.2) is 42.5 Å². The second-order valence-corrected chi connectivity index (χ2v) is 7.42. The van der Waals surface area contributed by atoms with Gasteiger partial charge in [0.05, 0.1) is 0 Å². The van der Waals surface area contributed by atoms with E-state index in [0.717, 1.165) is 24.0 Å². The van der Waals surface area contributed by atoms with Crippen LogP contribution in [0.5, 0.6) is 5.75 Å². The normalized spacial score (nSPS) is 11.6. The van der Waals surface area contributed by atoms with Gasteiger partial charge in [-0.3, -0.25) is 9.59 Å². The van der Waals surface area contributed by atoms with Crippen molar-refractivity contribution >= 4 is 11.8 Å². The number of hydrogen-bond acceptors (Lipinski definition) is 3. The summed E-state index contributed by atoms with van der Waals surface area (Å²) in [4.78, 5) is 26.9.